The fourth-order valence-corrected chi connectivity index (χ4v) is 1.40. The molecule has 0 aromatic carbocycles. The normalized spacial score (nSPS) is 10.6. The molecule has 2 aromatic rings. The van der Waals surface area contributed by atoms with Crippen LogP contribution >= 0.6 is 0 Å². The monoisotopic (exact) mass is 189 g/mol. The highest BCUT2D eigenvalue weighted by Crippen LogP contribution is 2.12. The Balaban J connectivity index is 2.22. The Hall–Kier alpha value is -1.84. The van der Waals surface area contributed by atoms with Gasteiger partial charge in [-0.15, -0.1) is 0 Å². The molecule has 4 nitrogen and oxygen atoms in total. The van der Waals surface area contributed by atoms with E-state index in [1.807, 2.05) is 18.2 Å². The van der Waals surface area contributed by atoms with Crippen molar-refractivity contribution in [2.75, 3.05) is 0 Å². The number of rotatable bonds is 3. The van der Waals surface area contributed by atoms with Crippen molar-refractivity contribution in [2.24, 2.45) is 5.73 Å². The smallest absolute Gasteiger partial charge is 0.217 e. The maximum absolute atomic E-state index is 10.6. The van der Waals surface area contributed by atoms with Gasteiger partial charge in [0.05, 0.1) is 11.0 Å². The van der Waals surface area contributed by atoms with E-state index < -0.39 is 0 Å². The predicted octanol–water partition coefficient (Wildman–Crippen LogP) is 0.981. The zero-order valence-electron chi connectivity index (χ0n) is 7.66. The molecule has 14 heavy (non-hydrogen) atoms. The van der Waals surface area contributed by atoms with Gasteiger partial charge in [-0.3, -0.25) is 9.78 Å². The summed E-state index contributed by atoms with van der Waals surface area (Å²) in [5.41, 5.74) is 7.98. The Labute approximate surface area is 81.1 Å². The zero-order valence-corrected chi connectivity index (χ0v) is 7.66. The van der Waals surface area contributed by atoms with Crippen LogP contribution in [0.5, 0.6) is 0 Å². The molecular formula is C10H11N3O. The van der Waals surface area contributed by atoms with Gasteiger partial charge in [-0.25, -0.2) is 0 Å². The van der Waals surface area contributed by atoms with Crippen molar-refractivity contribution in [2.45, 2.75) is 12.8 Å². The summed E-state index contributed by atoms with van der Waals surface area (Å²) in [5.74, 6) is -0.281. The molecule has 3 N–H and O–H groups in total. The molecule has 0 aliphatic rings. The standard InChI is InChI=1S/C10H11N3O/c11-10(14)4-3-7-6-9-8(13-7)2-1-5-12-9/h1-2,5-6,13H,3-4H2,(H2,11,14). The molecule has 0 saturated carbocycles. The number of aromatic amines is 1. The summed E-state index contributed by atoms with van der Waals surface area (Å²) in [4.78, 5) is 17.9. The summed E-state index contributed by atoms with van der Waals surface area (Å²) in [6.45, 7) is 0. The molecule has 0 saturated heterocycles. The number of pyridine rings is 1. The maximum atomic E-state index is 10.6. The first kappa shape index (κ1) is 8.74. The number of primary amides is 1. The summed E-state index contributed by atoms with van der Waals surface area (Å²) < 4.78 is 0. The van der Waals surface area contributed by atoms with Gasteiger partial charge in [-0.05, 0) is 24.6 Å². The minimum Gasteiger partial charge on any atom is -0.370 e. The summed E-state index contributed by atoms with van der Waals surface area (Å²) in [5, 5.41) is 0. The molecule has 2 aromatic heterocycles. The third-order valence-corrected chi connectivity index (χ3v) is 2.09. The van der Waals surface area contributed by atoms with Crippen LogP contribution in [0.2, 0.25) is 0 Å². The Kier molecular flexibility index (Phi) is 2.18. The van der Waals surface area contributed by atoms with Gasteiger partial charge in [-0.1, -0.05) is 0 Å². The number of nitrogens with two attached hydrogens (primary N) is 1. The van der Waals surface area contributed by atoms with Crippen LogP contribution in [0.3, 0.4) is 0 Å². The lowest BCUT2D eigenvalue weighted by Gasteiger charge is -1.92. The second kappa shape index (κ2) is 3.49. The molecule has 0 atom stereocenters. The zero-order chi connectivity index (χ0) is 9.97. The van der Waals surface area contributed by atoms with Gasteiger partial charge in [0.2, 0.25) is 5.91 Å². The van der Waals surface area contributed by atoms with E-state index in [1.165, 1.54) is 0 Å². The predicted molar refractivity (Wildman–Crippen MR) is 53.6 cm³/mol. The van der Waals surface area contributed by atoms with Crippen LogP contribution in [0.1, 0.15) is 12.1 Å². The van der Waals surface area contributed by atoms with E-state index in [4.69, 9.17) is 5.73 Å². The van der Waals surface area contributed by atoms with E-state index in [2.05, 4.69) is 9.97 Å². The van der Waals surface area contributed by atoms with Crippen molar-refractivity contribution >= 4 is 16.9 Å². The van der Waals surface area contributed by atoms with E-state index in [0.29, 0.717) is 12.8 Å². The second-order valence-electron chi connectivity index (χ2n) is 3.20. The van der Waals surface area contributed by atoms with E-state index in [1.54, 1.807) is 6.20 Å². The number of hydrogen-bond acceptors (Lipinski definition) is 2. The summed E-state index contributed by atoms with van der Waals surface area (Å²) in [6.07, 6.45) is 2.76. The van der Waals surface area contributed by atoms with Crippen LogP contribution in [0, 0.1) is 0 Å². The molecule has 0 bridgehead atoms. The minimum absolute atomic E-state index is 0.281. The summed E-state index contributed by atoms with van der Waals surface area (Å²) >= 11 is 0. The Bertz CT molecular complexity index is 428. The first-order valence-electron chi connectivity index (χ1n) is 4.46. The van der Waals surface area contributed by atoms with Crippen molar-refractivity contribution < 1.29 is 4.79 Å². The number of aryl methyl sites for hydroxylation is 1. The van der Waals surface area contributed by atoms with Crippen LogP contribution < -0.4 is 5.73 Å². The number of aromatic nitrogens is 2. The highest BCUT2D eigenvalue weighted by Gasteiger charge is 2.02. The van der Waals surface area contributed by atoms with Gasteiger partial charge in [0.15, 0.2) is 0 Å². The lowest BCUT2D eigenvalue weighted by Crippen LogP contribution is -2.11. The van der Waals surface area contributed by atoms with Crippen LogP contribution in [0.4, 0.5) is 0 Å². The molecule has 2 heterocycles. The van der Waals surface area contributed by atoms with Gasteiger partial charge < -0.3 is 10.7 Å². The number of carbonyl (C=O) groups is 1. The molecule has 0 unspecified atom stereocenters. The molecule has 0 aliphatic heterocycles. The van der Waals surface area contributed by atoms with Gasteiger partial charge >= 0.3 is 0 Å². The van der Waals surface area contributed by atoms with Crippen molar-refractivity contribution in [3.05, 3.63) is 30.1 Å². The molecule has 1 amide bonds. The third-order valence-electron chi connectivity index (χ3n) is 2.09. The van der Waals surface area contributed by atoms with Gasteiger partial charge in [0, 0.05) is 18.3 Å². The van der Waals surface area contributed by atoms with E-state index in [-0.39, 0.29) is 5.91 Å². The number of carbonyl (C=O) groups excluding carboxylic acids is 1. The van der Waals surface area contributed by atoms with Gasteiger partial charge in [0.1, 0.15) is 0 Å². The molecule has 0 fully saturated rings. The molecule has 72 valence electrons. The van der Waals surface area contributed by atoms with Crippen LogP contribution in [-0.2, 0) is 11.2 Å². The van der Waals surface area contributed by atoms with Crippen LogP contribution in [-0.4, -0.2) is 15.9 Å². The topological polar surface area (TPSA) is 71.8 Å². The number of fused-ring (bicyclic) bond motifs is 1. The van der Waals surface area contributed by atoms with E-state index in [0.717, 1.165) is 16.7 Å². The fourth-order valence-electron chi connectivity index (χ4n) is 1.40. The SMILES string of the molecule is NC(=O)CCc1cc2ncccc2[nH]1. The first-order valence-corrected chi connectivity index (χ1v) is 4.46. The average Bonchev–Trinajstić information content (AvgIpc) is 2.57. The highest BCUT2D eigenvalue weighted by atomic mass is 16.1. The number of H-pyrrole nitrogens is 1. The number of nitrogens with one attached hydrogen (secondary N) is 1. The molecule has 2 rings (SSSR count). The highest BCUT2D eigenvalue weighted by molar-refractivity contribution is 5.77. The largest absolute Gasteiger partial charge is 0.370 e. The molecular weight excluding hydrogens is 178 g/mol. The average molecular weight is 189 g/mol. The lowest BCUT2D eigenvalue weighted by molar-refractivity contribution is -0.118. The van der Waals surface area contributed by atoms with Crippen molar-refractivity contribution in [1.82, 2.24) is 9.97 Å². The molecule has 4 heteroatoms. The van der Waals surface area contributed by atoms with Crippen molar-refractivity contribution in [3.63, 3.8) is 0 Å². The van der Waals surface area contributed by atoms with Crippen LogP contribution in [0.15, 0.2) is 24.4 Å². The molecule has 0 aliphatic carbocycles. The number of hydrogen-bond donors (Lipinski definition) is 2. The Morgan fingerprint density at radius 3 is 3.14 bits per heavy atom. The number of amides is 1. The minimum atomic E-state index is -0.281. The van der Waals surface area contributed by atoms with Crippen molar-refractivity contribution in [1.29, 1.82) is 0 Å². The van der Waals surface area contributed by atoms with E-state index in [9.17, 15) is 4.79 Å². The quantitative estimate of drug-likeness (QED) is 0.755. The summed E-state index contributed by atoms with van der Waals surface area (Å²) in [6, 6.07) is 5.77. The van der Waals surface area contributed by atoms with Crippen molar-refractivity contribution in [3.8, 4) is 0 Å². The molecule has 0 radical (unpaired) electrons. The maximum Gasteiger partial charge on any atom is 0.217 e. The van der Waals surface area contributed by atoms with Gasteiger partial charge in [0.25, 0.3) is 0 Å². The van der Waals surface area contributed by atoms with E-state index >= 15 is 0 Å². The van der Waals surface area contributed by atoms with Gasteiger partial charge in [-0.2, -0.15) is 0 Å². The summed E-state index contributed by atoms with van der Waals surface area (Å²) in [7, 11) is 0. The van der Waals surface area contributed by atoms with Crippen LogP contribution in [0.25, 0.3) is 11.0 Å². The second-order valence-corrected chi connectivity index (χ2v) is 3.20. The third kappa shape index (κ3) is 1.74. The first-order chi connectivity index (χ1) is 6.75. The lowest BCUT2D eigenvalue weighted by atomic mass is 10.2. The fraction of sp³-hybridized carbons (Fsp3) is 0.200. The molecule has 0 spiro atoms. The number of nitrogens with zero attached hydrogens (tertiary/aromatic N) is 1. The Morgan fingerprint density at radius 2 is 2.43 bits per heavy atom. The Morgan fingerprint density at radius 1 is 1.57 bits per heavy atom.